The maximum Gasteiger partial charge on any atom is 0.157 e. The van der Waals surface area contributed by atoms with Gasteiger partial charge in [0.25, 0.3) is 0 Å². The van der Waals surface area contributed by atoms with Crippen molar-refractivity contribution in [1.29, 1.82) is 0 Å². The lowest BCUT2D eigenvalue weighted by atomic mass is 9.73. The van der Waals surface area contributed by atoms with Gasteiger partial charge < -0.3 is 20.4 Å². The van der Waals surface area contributed by atoms with E-state index in [1.165, 1.54) is 24.3 Å². The predicted octanol–water partition coefficient (Wildman–Crippen LogP) is 3.62. The second kappa shape index (κ2) is 5.56. The van der Waals surface area contributed by atoms with E-state index in [0.29, 0.717) is 0 Å². The molecular weight excluding hydrogens is 268 g/mol. The first-order valence-electron chi connectivity index (χ1n) is 6.93. The monoisotopic (exact) mass is 288 g/mol. The Labute approximate surface area is 123 Å². The molecule has 0 radical (unpaired) electrons. The van der Waals surface area contributed by atoms with Crippen molar-refractivity contribution in [3.05, 3.63) is 47.5 Å². The highest BCUT2D eigenvalue weighted by atomic mass is 16.3. The molecule has 0 fully saturated rings. The van der Waals surface area contributed by atoms with Gasteiger partial charge in [-0.3, -0.25) is 0 Å². The Hall–Kier alpha value is -2.36. The van der Waals surface area contributed by atoms with E-state index in [-0.39, 0.29) is 23.0 Å². The maximum absolute atomic E-state index is 9.74. The molecule has 0 spiro atoms. The van der Waals surface area contributed by atoms with Crippen LogP contribution in [-0.2, 0) is 5.41 Å². The van der Waals surface area contributed by atoms with Crippen LogP contribution in [0.25, 0.3) is 0 Å². The summed E-state index contributed by atoms with van der Waals surface area (Å²) >= 11 is 0. The Kier molecular flexibility index (Phi) is 3.98. The minimum atomic E-state index is -0.439. The molecule has 0 amide bonds. The van der Waals surface area contributed by atoms with Crippen molar-refractivity contribution < 1.29 is 20.4 Å². The van der Waals surface area contributed by atoms with Crippen LogP contribution < -0.4 is 0 Å². The van der Waals surface area contributed by atoms with E-state index >= 15 is 0 Å². The van der Waals surface area contributed by atoms with Gasteiger partial charge in [-0.15, -0.1) is 0 Å². The summed E-state index contributed by atoms with van der Waals surface area (Å²) in [5.41, 5.74) is 1.24. The highest BCUT2D eigenvalue weighted by molar-refractivity contribution is 5.50. The second-order valence-electron chi connectivity index (χ2n) is 5.49. The van der Waals surface area contributed by atoms with Gasteiger partial charge in [-0.25, -0.2) is 0 Å². The smallest absolute Gasteiger partial charge is 0.157 e. The summed E-state index contributed by atoms with van der Waals surface area (Å²) < 4.78 is 0. The van der Waals surface area contributed by atoms with E-state index in [4.69, 9.17) is 0 Å². The molecule has 0 heterocycles. The van der Waals surface area contributed by atoms with Crippen molar-refractivity contribution >= 4 is 0 Å². The molecule has 0 aliphatic rings. The van der Waals surface area contributed by atoms with Gasteiger partial charge in [-0.05, 0) is 41.8 Å². The number of hydrogen-bond donors (Lipinski definition) is 4. The van der Waals surface area contributed by atoms with E-state index in [1.54, 1.807) is 12.1 Å². The number of rotatable bonds is 4. The first-order valence-corrected chi connectivity index (χ1v) is 6.93. The van der Waals surface area contributed by atoms with Crippen LogP contribution in [0, 0.1) is 0 Å². The van der Waals surface area contributed by atoms with Crippen LogP contribution in [0.5, 0.6) is 23.0 Å². The molecule has 2 rings (SSSR count). The molecule has 2 aromatic carbocycles. The summed E-state index contributed by atoms with van der Waals surface area (Å²) in [6.07, 6.45) is 1.70. The van der Waals surface area contributed by atoms with Gasteiger partial charge in [0.05, 0.1) is 0 Å². The summed E-state index contributed by atoms with van der Waals surface area (Å²) in [6, 6.07) is 9.50. The first-order chi connectivity index (χ1) is 9.88. The van der Waals surface area contributed by atoms with Crippen molar-refractivity contribution in [3.8, 4) is 23.0 Å². The molecule has 0 aliphatic carbocycles. The number of hydrogen-bond acceptors (Lipinski definition) is 4. The molecule has 21 heavy (non-hydrogen) atoms. The molecule has 4 nitrogen and oxygen atoms in total. The summed E-state index contributed by atoms with van der Waals surface area (Å²) in [6.45, 7) is 4.06. The Bertz CT molecular complexity index is 598. The largest absolute Gasteiger partial charge is 0.504 e. The number of benzene rings is 2. The standard InChI is InChI=1S/C17H20O4/c1-3-8-17(2,11-4-6-13(18)15(20)9-11)12-5-7-14(19)16(21)10-12/h4-7,9-10,18-21H,3,8H2,1-2H3. The summed E-state index contributed by atoms with van der Waals surface area (Å²) in [7, 11) is 0. The van der Waals surface area contributed by atoms with E-state index in [9.17, 15) is 20.4 Å². The van der Waals surface area contributed by atoms with Gasteiger partial charge in [-0.1, -0.05) is 32.4 Å². The minimum Gasteiger partial charge on any atom is -0.504 e. The summed E-state index contributed by atoms with van der Waals surface area (Å²) in [5.74, 6) is -0.659. The van der Waals surface area contributed by atoms with Crippen molar-refractivity contribution in [1.82, 2.24) is 0 Å². The third kappa shape index (κ3) is 2.75. The van der Waals surface area contributed by atoms with E-state index in [1.807, 2.05) is 6.92 Å². The van der Waals surface area contributed by atoms with Crippen molar-refractivity contribution in [2.45, 2.75) is 32.1 Å². The fraction of sp³-hybridized carbons (Fsp3) is 0.294. The second-order valence-corrected chi connectivity index (χ2v) is 5.49. The van der Waals surface area contributed by atoms with Crippen LogP contribution in [0.1, 0.15) is 37.8 Å². The third-order valence-corrected chi connectivity index (χ3v) is 3.98. The van der Waals surface area contributed by atoms with Crippen LogP contribution in [0.4, 0.5) is 0 Å². The average molecular weight is 288 g/mol. The summed E-state index contributed by atoms with van der Waals surface area (Å²) in [5, 5.41) is 38.4. The molecule has 0 saturated heterocycles. The Morgan fingerprint density at radius 3 is 1.52 bits per heavy atom. The highest BCUT2D eigenvalue weighted by Gasteiger charge is 2.29. The van der Waals surface area contributed by atoms with Crippen LogP contribution >= 0.6 is 0 Å². The van der Waals surface area contributed by atoms with Crippen molar-refractivity contribution in [2.24, 2.45) is 0 Å². The molecular formula is C17H20O4. The predicted molar refractivity (Wildman–Crippen MR) is 80.9 cm³/mol. The van der Waals surface area contributed by atoms with Gasteiger partial charge in [0.2, 0.25) is 0 Å². The maximum atomic E-state index is 9.74. The molecule has 4 N–H and O–H groups in total. The molecule has 0 aromatic heterocycles. The molecule has 2 aromatic rings. The van der Waals surface area contributed by atoms with E-state index < -0.39 is 5.41 Å². The fourth-order valence-corrected chi connectivity index (χ4v) is 2.69. The van der Waals surface area contributed by atoms with Crippen LogP contribution in [0.2, 0.25) is 0 Å². The molecule has 0 bridgehead atoms. The van der Waals surface area contributed by atoms with E-state index in [0.717, 1.165) is 24.0 Å². The Morgan fingerprint density at radius 2 is 1.19 bits per heavy atom. The molecule has 4 heteroatoms. The lowest BCUT2D eigenvalue weighted by Gasteiger charge is -2.31. The molecule has 0 saturated carbocycles. The van der Waals surface area contributed by atoms with Gasteiger partial charge >= 0.3 is 0 Å². The van der Waals surface area contributed by atoms with Crippen LogP contribution in [0.15, 0.2) is 36.4 Å². The fourth-order valence-electron chi connectivity index (χ4n) is 2.69. The zero-order chi connectivity index (χ0) is 15.6. The Morgan fingerprint density at radius 1 is 0.762 bits per heavy atom. The minimum absolute atomic E-state index is 0.161. The highest BCUT2D eigenvalue weighted by Crippen LogP contribution is 2.41. The normalized spacial score (nSPS) is 11.5. The zero-order valence-corrected chi connectivity index (χ0v) is 12.2. The topological polar surface area (TPSA) is 80.9 Å². The van der Waals surface area contributed by atoms with Gasteiger partial charge in [0.1, 0.15) is 0 Å². The molecule has 112 valence electrons. The molecule has 0 aliphatic heterocycles. The van der Waals surface area contributed by atoms with Crippen LogP contribution in [-0.4, -0.2) is 20.4 Å². The number of phenols is 4. The number of aromatic hydroxyl groups is 4. The van der Waals surface area contributed by atoms with E-state index in [2.05, 4.69) is 6.92 Å². The Balaban J connectivity index is 2.57. The molecule has 0 unspecified atom stereocenters. The van der Waals surface area contributed by atoms with Gasteiger partial charge in [0, 0.05) is 5.41 Å². The zero-order valence-electron chi connectivity index (χ0n) is 12.2. The third-order valence-electron chi connectivity index (χ3n) is 3.98. The lowest BCUT2D eigenvalue weighted by Crippen LogP contribution is -2.23. The molecule has 0 atom stereocenters. The van der Waals surface area contributed by atoms with Gasteiger partial charge in [0.15, 0.2) is 23.0 Å². The quantitative estimate of drug-likeness (QED) is 0.648. The SMILES string of the molecule is CCCC(C)(c1ccc(O)c(O)c1)c1ccc(O)c(O)c1. The lowest BCUT2D eigenvalue weighted by molar-refractivity contribution is 0.397. The number of phenolic OH excluding ortho intramolecular Hbond substituents is 4. The summed E-state index contributed by atoms with van der Waals surface area (Å²) in [4.78, 5) is 0. The van der Waals surface area contributed by atoms with Crippen molar-refractivity contribution in [3.63, 3.8) is 0 Å². The van der Waals surface area contributed by atoms with Crippen LogP contribution in [0.3, 0.4) is 0 Å². The van der Waals surface area contributed by atoms with Crippen molar-refractivity contribution in [2.75, 3.05) is 0 Å². The first kappa shape index (κ1) is 15.0. The van der Waals surface area contributed by atoms with Gasteiger partial charge in [-0.2, -0.15) is 0 Å². The average Bonchev–Trinajstić information content (AvgIpc) is 2.45.